The Morgan fingerprint density at radius 2 is 2.46 bits per heavy atom. The second kappa shape index (κ2) is 2.49. The minimum Gasteiger partial charge on any atom is -0.491 e. The molecule has 1 aromatic rings. The summed E-state index contributed by atoms with van der Waals surface area (Å²) in [4.78, 5) is 4.51. The molecule has 1 aromatic heterocycles. The van der Waals surface area contributed by atoms with Crippen LogP contribution in [0, 0.1) is 0 Å². The van der Waals surface area contributed by atoms with Gasteiger partial charge in [-0.3, -0.25) is 0 Å². The third kappa shape index (κ3) is 1.00. The van der Waals surface area contributed by atoms with Crippen LogP contribution in [0.5, 0.6) is 5.75 Å². The second-order valence-electron chi connectivity index (χ2n) is 3.29. The number of nitrogens with zero attached hydrogens (tertiary/aromatic N) is 1. The number of hydrogen-bond acceptors (Lipinski definition) is 3. The fraction of sp³-hybridized carbons (Fsp3) is 0.300. The summed E-state index contributed by atoms with van der Waals surface area (Å²) in [6.45, 7) is 0.776. The summed E-state index contributed by atoms with van der Waals surface area (Å²) in [5, 5.41) is 3.15. The van der Waals surface area contributed by atoms with Crippen LogP contribution < -0.4 is 10.1 Å². The Kier molecular flexibility index (Phi) is 1.33. The first kappa shape index (κ1) is 6.95. The standard InChI is InChI=1S/C10H10N2O/c1-2-7-6-9-8(3-5-13-9)12-10(7)11-4-1/h1,4,6H,2-3,5H2,(H,11,12). The SMILES string of the molecule is C1=CNc2nc3c(cc2C1)OCC3. The molecule has 0 saturated heterocycles. The number of aromatic nitrogens is 1. The maximum absolute atomic E-state index is 5.45. The number of hydrogen-bond donors (Lipinski definition) is 1. The third-order valence-electron chi connectivity index (χ3n) is 2.41. The summed E-state index contributed by atoms with van der Waals surface area (Å²) in [6, 6.07) is 2.10. The van der Waals surface area contributed by atoms with Gasteiger partial charge in [-0.05, 0) is 18.7 Å². The third-order valence-corrected chi connectivity index (χ3v) is 2.41. The Labute approximate surface area is 76.4 Å². The van der Waals surface area contributed by atoms with Crippen molar-refractivity contribution in [3.8, 4) is 5.75 Å². The van der Waals surface area contributed by atoms with E-state index < -0.39 is 0 Å². The van der Waals surface area contributed by atoms with Gasteiger partial charge in [0, 0.05) is 12.0 Å². The monoisotopic (exact) mass is 174 g/mol. The maximum Gasteiger partial charge on any atom is 0.141 e. The summed E-state index contributed by atoms with van der Waals surface area (Å²) in [7, 11) is 0. The van der Waals surface area contributed by atoms with E-state index in [1.165, 1.54) is 5.56 Å². The molecule has 2 aliphatic rings. The van der Waals surface area contributed by atoms with E-state index in [1.54, 1.807) is 0 Å². The molecule has 3 rings (SSSR count). The van der Waals surface area contributed by atoms with E-state index in [-0.39, 0.29) is 0 Å². The van der Waals surface area contributed by atoms with Crippen LogP contribution in [0.25, 0.3) is 0 Å². The number of fused-ring (bicyclic) bond motifs is 2. The van der Waals surface area contributed by atoms with E-state index in [0.29, 0.717) is 0 Å². The van der Waals surface area contributed by atoms with Crippen LogP contribution in [0.2, 0.25) is 0 Å². The zero-order chi connectivity index (χ0) is 8.67. The van der Waals surface area contributed by atoms with Gasteiger partial charge in [0.2, 0.25) is 0 Å². The molecule has 2 aliphatic heterocycles. The summed E-state index contributed by atoms with van der Waals surface area (Å²) in [6.07, 6.45) is 5.92. The second-order valence-corrected chi connectivity index (χ2v) is 3.29. The number of pyridine rings is 1. The zero-order valence-corrected chi connectivity index (χ0v) is 7.21. The fourth-order valence-corrected chi connectivity index (χ4v) is 1.74. The van der Waals surface area contributed by atoms with Gasteiger partial charge >= 0.3 is 0 Å². The Morgan fingerprint density at radius 1 is 1.46 bits per heavy atom. The number of anilines is 1. The first-order valence-electron chi connectivity index (χ1n) is 4.50. The molecular weight excluding hydrogens is 164 g/mol. The number of ether oxygens (including phenoxy) is 1. The van der Waals surface area contributed by atoms with Gasteiger partial charge in [0.05, 0.1) is 12.3 Å². The van der Waals surface area contributed by atoms with Gasteiger partial charge in [0.1, 0.15) is 11.6 Å². The zero-order valence-electron chi connectivity index (χ0n) is 7.21. The minimum atomic E-state index is 0.776. The lowest BCUT2D eigenvalue weighted by molar-refractivity contribution is 0.356. The fourth-order valence-electron chi connectivity index (χ4n) is 1.74. The van der Waals surface area contributed by atoms with Gasteiger partial charge in [-0.15, -0.1) is 0 Å². The molecule has 3 nitrogen and oxygen atoms in total. The van der Waals surface area contributed by atoms with E-state index in [2.05, 4.69) is 22.4 Å². The van der Waals surface area contributed by atoms with E-state index in [9.17, 15) is 0 Å². The van der Waals surface area contributed by atoms with Gasteiger partial charge in [-0.1, -0.05) is 6.08 Å². The highest BCUT2D eigenvalue weighted by atomic mass is 16.5. The van der Waals surface area contributed by atoms with Crippen molar-refractivity contribution in [1.29, 1.82) is 0 Å². The molecule has 13 heavy (non-hydrogen) atoms. The average Bonchev–Trinajstić information content (AvgIpc) is 2.61. The largest absolute Gasteiger partial charge is 0.491 e. The molecule has 3 heteroatoms. The minimum absolute atomic E-state index is 0.776. The van der Waals surface area contributed by atoms with Crippen LogP contribution in [0.1, 0.15) is 11.3 Å². The Morgan fingerprint density at radius 3 is 3.46 bits per heavy atom. The van der Waals surface area contributed by atoms with Gasteiger partial charge in [0.25, 0.3) is 0 Å². The highest BCUT2D eigenvalue weighted by Gasteiger charge is 2.17. The smallest absolute Gasteiger partial charge is 0.141 e. The quantitative estimate of drug-likeness (QED) is 0.647. The molecule has 3 heterocycles. The molecule has 0 saturated carbocycles. The molecule has 0 fully saturated rings. The Balaban J connectivity index is 2.14. The number of allylic oxidation sites excluding steroid dienone is 1. The summed E-state index contributed by atoms with van der Waals surface area (Å²) in [5.41, 5.74) is 2.31. The average molecular weight is 174 g/mol. The molecule has 1 N–H and O–H groups in total. The van der Waals surface area contributed by atoms with Crippen LogP contribution in [-0.4, -0.2) is 11.6 Å². The molecule has 0 amide bonds. The van der Waals surface area contributed by atoms with Crippen molar-refractivity contribution >= 4 is 5.82 Å². The van der Waals surface area contributed by atoms with Crippen molar-refractivity contribution in [2.75, 3.05) is 11.9 Å². The van der Waals surface area contributed by atoms with E-state index >= 15 is 0 Å². The van der Waals surface area contributed by atoms with Crippen molar-refractivity contribution in [3.05, 3.63) is 29.6 Å². The van der Waals surface area contributed by atoms with Crippen molar-refractivity contribution in [1.82, 2.24) is 4.98 Å². The van der Waals surface area contributed by atoms with Gasteiger partial charge in [0.15, 0.2) is 0 Å². The van der Waals surface area contributed by atoms with Crippen LogP contribution in [0.3, 0.4) is 0 Å². The molecule has 0 bridgehead atoms. The lowest BCUT2D eigenvalue weighted by Gasteiger charge is -2.12. The van der Waals surface area contributed by atoms with Crippen molar-refractivity contribution in [2.45, 2.75) is 12.8 Å². The summed E-state index contributed by atoms with van der Waals surface area (Å²) >= 11 is 0. The summed E-state index contributed by atoms with van der Waals surface area (Å²) < 4.78 is 5.45. The van der Waals surface area contributed by atoms with Gasteiger partial charge in [-0.2, -0.15) is 0 Å². The first-order chi connectivity index (χ1) is 6.43. The van der Waals surface area contributed by atoms with Crippen LogP contribution in [0.4, 0.5) is 5.82 Å². The highest BCUT2D eigenvalue weighted by molar-refractivity contribution is 5.54. The Hall–Kier alpha value is -1.51. The lowest BCUT2D eigenvalue weighted by atomic mass is 10.1. The van der Waals surface area contributed by atoms with E-state index in [1.807, 2.05) is 6.20 Å². The topological polar surface area (TPSA) is 34.2 Å². The predicted octanol–water partition coefficient (Wildman–Crippen LogP) is 1.50. The molecule has 0 aromatic carbocycles. The van der Waals surface area contributed by atoms with Crippen LogP contribution >= 0.6 is 0 Å². The molecule has 0 spiro atoms. The molecule has 0 aliphatic carbocycles. The number of nitrogens with one attached hydrogen (secondary N) is 1. The van der Waals surface area contributed by atoms with Crippen molar-refractivity contribution in [3.63, 3.8) is 0 Å². The van der Waals surface area contributed by atoms with Crippen molar-refractivity contribution in [2.24, 2.45) is 0 Å². The lowest BCUT2D eigenvalue weighted by Crippen LogP contribution is -2.03. The van der Waals surface area contributed by atoms with E-state index in [4.69, 9.17) is 4.74 Å². The molecule has 0 atom stereocenters. The van der Waals surface area contributed by atoms with Crippen LogP contribution in [-0.2, 0) is 12.8 Å². The first-order valence-corrected chi connectivity index (χ1v) is 4.50. The van der Waals surface area contributed by atoms with Gasteiger partial charge in [-0.25, -0.2) is 4.98 Å². The predicted molar refractivity (Wildman–Crippen MR) is 49.9 cm³/mol. The molecule has 0 unspecified atom stereocenters. The molecular formula is C10H10N2O. The summed E-state index contributed by atoms with van der Waals surface area (Å²) in [5.74, 6) is 1.96. The molecule has 66 valence electrons. The number of rotatable bonds is 0. The van der Waals surface area contributed by atoms with Crippen LogP contribution in [0.15, 0.2) is 18.3 Å². The maximum atomic E-state index is 5.45. The van der Waals surface area contributed by atoms with E-state index in [0.717, 1.165) is 36.7 Å². The highest BCUT2D eigenvalue weighted by Crippen LogP contribution is 2.29. The normalized spacial score (nSPS) is 17.2. The molecule has 0 radical (unpaired) electrons. The van der Waals surface area contributed by atoms with Gasteiger partial charge < -0.3 is 10.1 Å². The van der Waals surface area contributed by atoms with Crippen molar-refractivity contribution < 1.29 is 4.74 Å². The Bertz CT molecular complexity index is 350.